The minimum Gasteiger partial charge on any atom is -0.480 e. The molecule has 1 aromatic heterocycles. The summed E-state index contributed by atoms with van der Waals surface area (Å²) < 4.78 is 5.20. The van der Waals surface area contributed by atoms with Crippen LogP contribution in [0.4, 0.5) is 5.69 Å². The van der Waals surface area contributed by atoms with Crippen LogP contribution in [0.15, 0.2) is 34.9 Å². The lowest BCUT2D eigenvalue weighted by Gasteiger charge is -2.33. The average molecular weight is 383 g/mol. The van der Waals surface area contributed by atoms with Crippen molar-refractivity contribution < 1.29 is 24.0 Å². The van der Waals surface area contributed by atoms with Gasteiger partial charge in [-0.2, -0.15) is 0 Å². The number of piperidine rings is 1. The SMILES string of the molecule is O=C(Nc1cccc(C(=O)N2CCCCC2C(=O)O)c1)c1cc(C2CC2)on1. The van der Waals surface area contributed by atoms with Crippen LogP contribution in [0.1, 0.15) is 64.6 Å². The molecule has 1 saturated heterocycles. The number of amides is 2. The van der Waals surface area contributed by atoms with Gasteiger partial charge >= 0.3 is 5.97 Å². The highest BCUT2D eigenvalue weighted by Gasteiger charge is 2.32. The molecular weight excluding hydrogens is 362 g/mol. The fourth-order valence-electron chi connectivity index (χ4n) is 3.48. The molecule has 1 unspecified atom stereocenters. The lowest BCUT2D eigenvalue weighted by Crippen LogP contribution is -2.48. The highest BCUT2D eigenvalue weighted by atomic mass is 16.5. The second kappa shape index (κ2) is 7.46. The van der Waals surface area contributed by atoms with Crippen LogP contribution < -0.4 is 5.32 Å². The molecule has 1 aliphatic carbocycles. The van der Waals surface area contributed by atoms with E-state index in [1.165, 1.54) is 4.90 Å². The van der Waals surface area contributed by atoms with Crippen LogP contribution in [0.5, 0.6) is 0 Å². The monoisotopic (exact) mass is 383 g/mol. The number of carboxylic acids is 1. The molecule has 2 N–H and O–H groups in total. The third kappa shape index (κ3) is 3.76. The standard InChI is InChI=1S/C20H21N3O5/c24-18(15-11-17(28-22-15)12-7-8-12)21-14-5-3-4-13(10-14)19(25)23-9-2-1-6-16(23)20(26)27/h3-5,10-12,16H,1-2,6-9H2,(H,21,24)(H,26,27). The molecule has 0 radical (unpaired) electrons. The zero-order chi connectivity index (χ0) is 19.7. The topological polar surface area (TPSA) is 113 Å². The minimum absolute atomic E-state index is 0.195. The summed E-state index contributed by atoms with van der Waals surface area (Å²) >= 11 is 0. The maximum absolute atomic E-state index is 12.8. The number of likely N-dealkylation sites (tertiary alicyclic amines) is 1. The van der Waals surface area contributed by atoms with Gasteiger partial charge in [0.2, 0.25) is 0 Å². The fourth-order valence-corrected chi connectivity index (χ4v) is 3.48. The molecule has 2 aromatic rings. The molecule has 2 fully saturated rings. The second-order valence-electron chi connectivity index (χ2n) is 7.27. The molecule has 2 aliphatic rings. The Morgan fingerprint density at radius 1 is 1.14 bits per heavy atom. The molecular formula is C20H21N3O5. The van der Waals surface area contributed by atoms with Gasteiger partial charge in [-0.1, -0.05) is 11.2 Å². The molecule has 1 aromatic carbocycles. The van der Waals surface area contributed by atoms with Crippen LogP contribution in [0, 0.1) is 0 Å². The number of aromatic nitrogens is 1. The van der Waals surface area contributed by atoms with E-state index >= 15 is 0 Å². The summed E-state index contributed by atoms with van der Waals surface area (Å²) in [5, 5.41) is 15.9. The first-order valence-electron chi connectivity index (χ1n) is 9.45. The first kappa shape index (κ1) is 18.2. The summed E-state index contributed by atoms with van der Waals surface area (Å²) in [7, 11) is 0. The van der Waals surface area contributed by atoms with Crippen molar-refractivity contribution in [3.63, 3.8) is 0 Å². The molecule has 8 heteroatoms. The predicted molar refractivity (Wildman–Crippen MR) is 99.2 cm³/mol. The maximum atomic E-state index is 12.8. The van der Waals surface area contributed by atoms with Gasteiger partial charge in [0.15, 0.2) is 5.69 Å². The first-order chi connectivity index (χ1) is 13.5. The molecule has 8 nitrogen and oxygen atoms in total. The second-order valence-corrected chi connectivity index (χ2v) is 7.27. The smallest absolute Gasteiger partial charge is 0.326 e. The molecule has 4 rings (SSSR count). The van der Waals surface area contributed by atoms with E-state index in [1.54, 1.807) is 30.3 Å². The van der Waals surface area contributed by atoms with E-state index < -0.39 is 17.9 Å². The van der Waals surface area contributed by atoms with Crippen molar-refractivity contribution in [1.82, 2.24) is 10.1 Å². The van der Waals surface area contributed by atoms with Gasteiger partial charge in [-0.25, -0.2) is 4.79 Å². The van der Waals surface area contributed by atoms with Crippen molar-refractivity contribution in [3.05, 3.63) is 47.3 Å². The number of rotatable bonds is 5. The zero-order valence-corrected chi connectivity index (χ0v) is 15.3. The van der Waals surface area contributed by atoms with Gasteiger partial charge in [0.1, 0.15) is 11.8 Å². The number of carbonyl (C=O) groups is 3. The number of nitrogens with one attached hydrogen (secondary N) is 1. The maximum Gasteiger partial charge on any atom is 0.326 e. The van der Waals surface area contributed by atoms with E-state index in [2.05, 4.69) is 10.5 Å². The fraction of sp³-hybridized carbons (Fsp3) is 0.400. The number of anilines is 1. The van der Waals surface area contributed by atoms with Crippen LogP contribution in [-0.4, -0.2) is 45.5 Å². The van der Waals surface area contributed by atoms with E-state index in [0.29, 0.717) is 30.1 Å². The Morgan fingerprint density at radius 2 is 1.96 bits per heavy atom. The Morgan fingerprint density at radius 3 is 2.71 bits per heavy atom. The number of carboxylic acid groups (broad SMARTS) is 1. The van der Waals surface area contributed by atoms with Crippen LogP contribution in [0.2, 0.25) is 0 Å². The van der Waals surface area contributed by atoms with Crippen LogP contribution >= 0.6 is 0 Å². The van der Waals surface area contributed by atoms with Gasteiger partial charge in [0, 0.05) is 29.8 Å². The summed E-state index contributed by atoms with van der Waals surface area (Å²) in [6, 6.07) is 7.33. The van der Waals surface area contributed by atoms with Crippen molar-refractivity contribution >= 4 is 23.5 Å². The van der Waals surface area contributed by atoms with Gasteiger partial charge in [-0.3, -0.25) is 9.59 Å². The molecule has 0 bridgehead atoms. The summed E-state index contributed by atoms with van der Waals surface area (Å²) in [5.74, 6) is -0.669. The van der Waals surface area contributed by atoms with Crippen molar-refractivity contribution in [1.29, 1.82) is 0 Å². The van der Waals surface area contributed by atoms with Crippen molar-refractivity contribution in [2.24, 2.45) is 0 Å². The number of benzene rings is 1. The first-order valence-corrected chi connectivity index (χ1v) is 9.45. The zero-order valence-electron chi connectivity index (χ0n) is 15.3. The molecule has 146 valence electrons. The highest BCUT2D eigenvalue weighted by Crippen LogP contribution is 2.40. The summed E-state index contributed by atoms with van der Waals surface area (Å²) in [4.78, 5) is 38.1. The van der Waals surface area contributed by atoms with E-state index in [-0.39, 0.29) is 11.6 Å². The highest BCUT2D eigenvalue weighted by molar-refractivity contribution is 6.04. The van der Waals surface area contributed by atoms with Gasteiger partial charge < -0.3 is 19.8 Å². The Balaban J connectivity index is 1.48. The van der Waals surface area contributed by atoms with Crippen molar-refractivity contribution in [2.45, 2.75) is 44.1 Å². The van der Waals surface area contributed by atoms with E-state index in [9.17, 15) is 19.5 Å². The van der Waals surface area contributed by atoms with Gasteiger partial charge in [0.05, 0.1) is 0 Å². The van der Waals surface area contributed by atoms with Crippen molar-refractivity contribution in [2.75, 3.05) is 11.9 Å². The third-order valence-corrected chi connectivity index (χ3v) is 5.16. The Hall–Kier alpha value is -3.16. The Bertz CT molecular complexity index is 918. The predicted octanol–water partition coefficient (Wildman–Crippen LogP) is 2.88. The lowest BCUT2D eigenvalue weighted by molar-refractivity contribution is -0.143. The molecule has 1 aliphatic heterocycles. The van der Waals surface area contributed by atoms with Crippen molar-refractivity contribution in [3.8, 4) is 0 Å². The Labute approximate surface area is 161 Å². The normalized spacial score (nSPS) is 19.3. The molecule has 2 amide bonds. The largest absolute Gasteiger partial charge is 0.480 e. The third-order valence-electron chi connectivity index (χ3n) is 5.16. The quantitative estimate of drug-likeness (QED) is 0.821. The van der Waals surface area contributed by atoms with Gasteiger partial charge in [-0.15, -0.1) is 0 Å². The van der Waals surface area contributed by atoms with Gasteiger partial charge in [-0.05, 0) is 50.3 Å². The number of aliphatic carboxylic acids is 1. The van der Waals surface area contributed by atoms with Crippen LogP contribution in [0.25, 0.3) is 0 Å². The number of hydrogen-bond donors (Lipinski definition) is 2. The number of carbonyl (C=O) groups excluding carboxylic acids is 2. The van der Waals surface area contributed by atoms with E-state index in [1.807, 2.05) is 0 Å². The van der Waals surface area contributed by atoms with E-state index in [0.717, 1.165) is 31.4 Å². The summed E-state index contributed by atoms with van der Waals surface area (Å²) in [6.45, 7) is 0.412. The van der Waals surface area contributed by atoms with E-state index in [4.69, 9.17) is 4.52 Å². The lowest BCUT2D eigenvalue weighted by atomic mass is 10.0. The molecule has 1 saturated carbocycles. The summed E-state index contributed by atoms with van der Waals surface area (Å²) in [6.07, 6.45) is 4.12. The Kier molecular flexibility index (Phi) is 4.85. The molecule has 0 spiro atoms. The molecule has 28 heavy (non-hydrogen) atoms. The summed E-state index contributed by atoms with van der Waals surface area (Å²) in [5.41, 5.74) is 0.973. The van der Waals surface area contributed by atoms with Gasteiger partial charge in [0.25, 0.3) is 11.8 Å². The molecule has 1 atom stereocenters. The van der Waals surface area contributed by atoms with Crippen LogP contribution in [-0.2, 0) is 4.79 Å². The average Bonchev–Trinajstić information content (AvgIpc) is 3.44. The number of hydrogen-bond acceptors (Lipinski definition) is 5. The number of nitrogens with zero attached hydrogens (tertiary/aromatic N) is 2. The van der Waals surface area contributed by atoms with Crippen LogP contribution in [0.3, 0.4) is 0 Å². The molecule has 2 heterocycles. The minimum atomic E-state index is -0.991.